The van der Waals surface area contributed by atoms with Gasteiger partial charge in [0.25, 0.3) is 0 Å². The molecule has 26 heavy (non-hydrogen) atoms. The summed E-state index contributed by atoms with van der Waals surface area (Å²) in [4.78, 5) is 10.3. The third-order valence-electron chi connectivity index (χ3n) is 4.14. The van der Waals surface area contributed by atoms with E-state index in [1.165, 1.54) is 0 Å². The Kier molecular flexibility index (Phi) is 4.98. The van der Waals surface area contributed by atoms with E-state index in [4.69, 9.17) is 16.3 Å². The summed E-state index contributed by atoms with van der Waals surface area (Å²) in [6.45, 7) is 0.560. The lowest BCUT2D eigenvalue weighted by molar-refractivity contribution is 0.185. The van der Waals surface area contributed by atoms with Crippen LogP contribution in [0.1, 0.15) is 5.56 Å². The van der Waals surface area contributed by atoms with Crippen LogP contribution in [0.25, 0.3) is 22.3 Å². The van der Waals surface area contributed by atoms with Crippen LogP contribution in [-0.2, 0) is 11.3 Å². The number of methoxy groups -OCH3 is 1. The standard InChI is InChI=1S/C21H17ClN2OS/c1-25-13-14-5-2-3-6-17(14)19-20(18-7-4-12-23-21(18)24-19)26-16-10-8-15(22)9-11-16/h2-12H,13H2,1H3,(H,23,24). The second-order valence-corrected chi connectivity index (χ2v) is 7.40. The molecular formula is C21H17ClN2OS. The molecule has 0 saturated heterocycles. The zero-order chi connectivity index (χ0) is 17.9. The number of rotatable bonds is 5. The molecule has 130 valence electrons. The Balaban J connectivity index is 1.88. The van der Waals surface area contributed by atoms with Crippen LogP contribution in [-0.4, -0.2) is 17.1 Å². The van der Waals surface area contributed by atoms with Crippen molar-refractivity contribution in [2.45, 2.75) is 16.4 Å². The molecule has 0 aliphatic heterocycles. The maximum atomic E-state index is 6.03. The molecule has 0 aliphatic rings. The van der Waals surface area contributed by atoms with Crippen molar-refractivity contribution in [3.63, 3.8) is 0 Å². The number of nitrogens with one attached hydrogen (secondary N) is 1. The van der Waals surface area contributed by atoms with Gasteiger partial charge in [0, 0.05) is 39.1 Å². The monoisotopic (exact) mass is 380 g/mol. The van der Waals surface area contributed by atoms with Gasteiger partial charge in [-0.2, -0.15) is 0 Å². The van der Waals surface area contributed by atoms with Crippen LogP contribution >= 0.6 is 23.4 Å². The van der Waals surface area contributed by atoms with Crippen molar-refractivity contribution in [1.29, 1.82) is 0 Å². The van der Waals surface area contributed by atoms with Crippen molar-refractivity contribution in [1.82, 2.24) is 9.97 Å². The third-order valence-corrected chi connectivity index (χ3v) is 5.53. The lowest BCUT2D eigenvalue weighted by Crippen LogP contribution is -1.92. The third kappa shape index (κ3) is 3.36. The predicted molar refractivity (Wildman–Crippen MR) is 108 cm³/mol. The SMILES string of the molecule is COCc1ccccc1-c1[nH]c2ncccc2c1Sc1ccc(Cl)cc1. The quantitative estimate of drug-likeness (QED) is 0.449. The van der Waals surface area contributed by atoms with E-state index in [0.29, 0.717) is 6.61 Å². The van der Waals surface area contributed by atoms with Gasteiger partial charge < -0.3 is 9.72 Å². The first-order valence-corrected chi connectivity index (χ1v) is 9.43. The van der Waals surface area contributed by atoms with Crippen molar-refractivity contribution in [3.8, 4) is 11.3 Å². The molecule has 4 rings (SSSR count). The normalized spacial score (nSPS) is 11.2. The second-order valence-electron chi connectivity index (χ2n) is 5.87. The van der Waals surface area contributed by atoms with Crippen molar-refractivity contribution >= 4 is 34.4 Å². The first kappa shape index (κ1) is 17.2. The maximum Gasteiger partial charge on any atom is 0.138 e. The number of aromatic nitrogens is 2. The zero-order valence-corrected chi connectivity index (χ0v) is 15.8. The molecule has 0 fully saturated rings. The molecule has 4 aromatic rings. The lowest BCUT2D eigenvalue weighted by atomic mass is 10.1. The molecule has 0 radical (unpaired) electrons. The first-order chi connectivity index (χ1) is 12.8. The molecule has 5 heteroatoms. The fraction of sp³-hybridized carbons (Fsp3) is 0.0952. The van der Waals surface area contributed by atoms with Gasteiger partial charge >= 0.3 is 0 Å². The van der Waals surface area contributed by atoms with E-state index in [2.05, 4.69) is 28.2 Å². The molecule has 0 bridgehead atoms. The number of hydrogen-bond acceptors (Lipinski definition) is 3. The van der Waals surface area contributed by atoms with Crippen molar-refractivity contribution in [2.75, 3.05) is 7.11 Å². The summed E-state index contributed by atoms with van der Waals surface area (Å²) < 4.78 is 5.38. The summed E-state index contributed by atoms with van der Waals surface area (Å²) >= 11 is 7.74. The Bertz CT molecular complexity index is 1040. The van der Waals surface area contributed by atoms with Crippen molar-refractivity contribution < 1.29 is 4.74 Å². The van der Waals surface area contributed by atoms with Gasteiger partial charge in [-0.25, -0.2) is 4.98 Å². The van der Waals surface area contributed by atoms with E-state index in [-0.39, 0.29) is 0 Å². The fourth-order valence-corrected chi connectivity index (χ4v) is 4.13. The van der Waals surface area contributed by atoms with Gasteiger partial charge in [0.05, 0.1) is 12.3 Å². The Hall–Kier alpha value is -2.27. The van der Waals surface area contributed by atoms with Crippen LogP contribution in [0.5, 0.6) is 0 Å². The van der Waals surface area contributed by atoms with E-state index in [0.717, 1.165) is 42.7 Å². The van der Waals surface area contributed by atoms with Crippen LogP contribution in [0.4, 0.5) is 0 Å². The highest BCUT2D eigenvalue weighted by Gasteiger charge is 2.17. The minimum atomic E-state index is 0.560. The van der Waals surface area contributed by atoms with Gasteiger partial charge in [0.15, 0.2) is 0 Å². The summed E-state index contributed by atoms with van der Waals surface area (Å²) in [6, 6.07) is 20.2. The van der Waals surface area contributed by atoms with Crippen LogP contribution in [0, 0.1) is 0 Å². The number of benzene rings is 2. The number of pyridine rings is 1. The summed E-state index contributed by atoms with van der Waals surface area (Å²) in [7, 11) is 1.72. The topological polar surface area (TPSA) is 37.9 Å². The molecule has 3 nitrogen and oxygen atoms in total. The summed E-state index contributed by atoms with van der Waals surface area (Å²) in [5.41, 5.74) is 4.21. The number of fused-ring (bicyclic) bond motifs is 1. The van der Waals surface area contributed by atoms with Gasteiger partial charge in [-0.15, -0.1) is 0 Å². The highest BCUT2D eigenvalue weighted by molar-refractivity contribution is 7.99. The lowest BCUT2D eigenvalue weighted by Gasteiger charge is -2.10. The van der Waals surface area contributed by atoms with E-state index < -0.39 is 0 Å². The predicted octanol–water partition coefficient (Wildman–Crippen LogP) is 6.18. The van der Waals surface area contributed by atoms with E-state index in [1.54, 1.807) is 25.1 Å². The van der Waals surface area contributed by atoms with E-state index in [9.17, 15) is 0 Å². The highest BCUT2D eigenvalue weighted by atomic mass is 35.5. The Labute approximate surface area is 161 Å². The molecule has 0 unspecified atom stereocenters. The average Bonchev–Trinajstić information content (AvgIpc) is 3.03. The largest absolute Gasteiger partial charge is 0.380 e. The first-order valence-electron chi connectivity index (χ1n) is 8.23. The zero-order valence-electron chi connectivity index (χ0n) is 14.2. The average molecular weight is 381 g/mol. The highest BCUT2D eigenvalue weighted by Crippen LogP contribution is 2.41. The number of halogens is 1. The smallest absolute Gasteiger partial charge is 0.138 e. The Morgan fingerprint density at radius 2 is 1.85 bits per heavy atom. The molecule has 2 aromatic heterocycles. The molecule has 0 aliphatic carbocycles. The molecule has 2 aromatic carbocycles. The summed E-state index contributed by atoms with van der Waals surface area (Å²) in [5, 5.41) is 1.84. The van der Waals surface area contributed by atoms with Gasteiger partial charge in [0.1, 0.15) is 5.65 Å². The molecule has 0 amide bonds. The number of aromatic amines is 1. The maximum absolute atomic E-state index is 6.03. The van der Waals surface area contributed by atoms with Gasteiger partial charge in [-0.05, 0) is 42.0 Å². The summed E-state index contributed by atoms with van der Waals surface area (Å²) in [5.74, 6) is 0. The van der Waals surface area contributed by atoms with Crippen molar-refractivity contribution in [3.05, 3.63) is 77.4 Å². The molecule has 0 saturated carbocycles. The van der Waals surface area contributed by atoms with Gasteiger partial charge in [-0.1, -0.05) is 47.6 Å². The van der Waals surface area contributed by atoms with E-state index in [1.807, 2.05) is 42.5 Å². The Morgan fingerprint density at radius 3 is 2.65 bits per heavy atom. The minimum Gasteiger partial charge on any atom is -0.380 e. The number of ether oxygens (including phenoxy) is 1. The van der Waals surface area contributed by atoms with Gasteiger partial charge in [-0.3, -0.25) is 0 Å². The van der Waals surface area contributed by atoms with Crippen LogP contribution in [0.2, 0.25) is 5.02 Å². The molecule has 0 spiro atoms. The minimum absolute atomic E-state index is 0.560. The Morgan fingerprint density at radius 1 is 1.04 bits per heavy atom. The second kappa shape index (κ2) is 7.54. The van der Waals surface area contributed by atoms with Crippen LogP contribution < -0.4 is 0 Å². The van der Waals surface area contributed by atoms with Crippen molar-refractivity contribution in [2.24, 2.45) is 0 Å². The van der Waals surface area contributed by atoms with Crippen LogP contribution in [0.3, 0.4) is 0 Å². The fourth-order valence-electron chi connectivity index (χ4n) is 2.96. The number of nitrogens with zero attached hydrogens (tertiary/aromatic N) is 1. The number of H-pyrrole nitrogens is 1. The molecule has 2 heterocycles. The van der Waals surface area contributed by atoms with Crippen LogP contribution in [0.15, 0.2) is 76.7 Å². The molecule has 0 atom stereocenters. The van der Waals surface area contributed by atoms with Gasteiger partial charge in [0.2, 0.25) is 0 Å². The summed E-state index contributed by atoms with van der Waals surface area (Å²) in [6.07, 6.45) is 1.81. The molecule has 1 N–H and O–H groups in total. The molecular weight excluding hydrogens is 364 g/mol. The van der Waals surface area contributed by atoms with E-state index >= 15 is 0 Å². The number of hydrogen-bond donors (Lipinski definition) is 1.